The molecule has 0 bridgehead atoms. The molecule has 0 spiro atoms. The molecular formula is C26H20ClN3O3. The quantitative estimate of drug-likeness (QED) is 0.254. The molecule has 0 saturated carbocycles. The monoisotopic (exact) mass is 457 g/mol. The van der Waals surface area contributed by atoms with Gasteiger partial charge in [0.05, 0.1) is 11.3 Å². The molecule has 1 amide bonds. The first kappa shape index (κ1) is 21.0. The fourth-order valence-electron chi connectivity index (χ4n) is 4.30. The van der Waals surface area contributed by atoms with Gasteiger partial charge >= 0.3 is 0 Å². The van der Waals surface area contributed by atoms with E-state index in [0.717, 1.165) is 16.5 Å². The van der Waals surface area contributed by atoms with Crippen molar-refractivity contribution in [3.63, 3.8) is 0 Å². The van der Waals surface area contributed by atoms with Crippen molar-refractivity contribution < 1.29 is 14.7 Å². The number of pyridine rings is 1. The molecule has 164 valence electrons. The zero-order valence-corrected chi connectivity index (χ0v) is 18.3. The molecule has 7 heteroatoms. The normalized spacial score (nSPS) is 17.7. The number of Topliss-reactive ketones (excluding diaryl/α,β-unsaturated/α-hetero) is 1. The van der Waals surface area contributed by atoms with Crippen molar-refractivity contribution in [2.75, 3.05) is 6.54 Å². The Kier molecular flexibility index (Phi) is 5.44. The minimum atomic E-state index is -0.785. The van der Waals surface area contributed by atoms with Crippen LogP contribution in [0, 0.1) is 0 Å². The lowest BCUT2D eigenvalue weighted by atomic mass is 9.98. The van der Waals surface area contributed by atoms with Crippen molar-refractivity contribution >= 4 is 40.0 Å². The molecule has 4 aromatic rings. The van der Waals surface area contributed by atoms with E-state index in [1.807, 2.05) is 30.5 Å². The lowest BCUT2D eigenvalue weighted by Crippen LogP contribution is -2.32. The van der Waals surface area contributed by atoms with Crippen molar-refractivity contribution in [2.24, 2.45) is 0 Å². The van der Waals surface area contributed by atoms with Crippen LogP contribution in [0.4, 0.5) is 0 Å². The molecule has 2 aromatic heterocycles. The molecule has 2 N–H and O–H groups in total. The first-order valence-corrected chi connectivity index (χ1v) is 10.9. The molecule has 0 radical (unpaired) electrons. The van der Waals surface area contributed by atoms with Gasteiger partial charge in [0.15, 0.2) is 0 Å². The SMILES string of the molecule is O=C1C(=O)N(CCc2c[nH]c3ccccc23)[C@H](c2ccccn2)C1=C(O)c1ccc(Cl)cc1. The van der Waals surface area contributed by atoms with E-state index >= 15 is 0 Å². The van der Waals surface area contributed by atoms with Crippen LogP contribution in [0.25, 0.3) is 16.7 Å². The number of fused-ring (bicyclic) bond motifs is 1. The number of carbonyl (C=O) groups is 2. The highest BCUT2D eigenvalue weighted by molar-refractivity contribution is 6.46. The number of aromatic nitrogens is 2. The number of H-pyrrole nitrogens is 1. The topological polar surface area (TPSA) is 86.3 Å². The highest BCUT2D eigenvalue weighted by Crippen LogP contribution is 2.38. The highest BCUT2D eigenvalue weighted by atomic mass is 35.5. The van der Waals surface area contributed by atoms with E-state index in [1.165, 1.54) is 4.90 Å². The Labute approximate surface area is 195 Å². The molecule has 6 nitrogen and oxygen atoms in total. The van der Waals surface area contributed by atoms with Gasteiger partial charge in [-0.15, -0.1) is 0 Å². The summed E-state index contributed by atoms with van der Waals surface area (Å²) in [6.07, 6.45) is 4.07. The maximum atomic E-state index is 13.1. The molecule has 3 heterocycles. The van der Waals surface area contributed by atoms with Crippen LogP contribution in [0.5, 0.6) is 0 Å². The number of aliphatic hydroxyl groups is 1. The van der Waals surface area contributed by atoms with Gasteiger partial charge < -0.3 is 15.0 Å². The van der Waals surface area contributed by atoms with Gasteiger partial charge in [0.2, 0.25) is 0 Å². The van der Waals surface area contributed by atoms with E-state index in [-0.39, 0.29) is 11.3 Å². The fourth-order valence-corrected chi connectivity index (χ4v) is 4.42. The first-order chi connectivity index (χ1) is 16.0. The maximum Gasteiger partial charge on any atom is 0.295 e. The van der Waals surface area contributed by atoms with Crippen LogP contribution in [0.3, 0.4) is 0 Å². The molecule has 1 aliphatic rings. The summed E-state index contributed by atoms with van der Waals surface area (Å²) in [4.78, 5) is 35.3. The molecular weight excluding hydrogens is 438 g/mol. The van der Waals surface area contributed by atoms with Crippen molar-refractivity contribution in [2.45, 2.75) is 12.5 Å². The summed E-state index contributed by atoms with van der Waals surface area (Å²) < 4.78 is 0. The molecule has 1 saturated heterocycles. The van der Waals surface area contributed by atoms with E-state index in [1.54, 1.807) is 48.7 Å². The molecule has 33 heavy (non-hydrogen) atoms. The van der Waals surface area contributed by atoms with Crippen molar-refractivity contribution in [3.05, 3.63) is 107 Å². The zero-order chi connectivity index (χ0) is 22.9. The summed E-state index contributed by atoms with van der Waals surface area (Å²) in [5.41, 5.74) is 3.02. The van der Waals surface area contributed by atoms with Crippen LogP contribution in [0.2, 0.25) is 5.02 Å². The van der Waals surface area contributed by atoms with Gasteiger partial charge in [-0.1, -0.05) is 35.9 Å². The number of rotatable bonds is 5. The zero-order valence-electron chi connectivity index (χ0n) is 17.5. The number of benzene rings is 2. The molecule has 2 aromatic carbocycles. The average molecular weight is 458 g/mol. The standard InChI is InChI=1S/C26H20ClN3O3/c27-18-10-8-16(9-11-18)24(31)22-23(21-7-3-4-13-28-21)30(26(33)25(22)32)14-12-17-15-29-20-6-2-1-5-19(17)20/h1-11,13,15,23,29,31H,12,14H2/t23-/m1/s1. The lowest BCUT2D eigenvalue weighted by Gasteiger charge is -2.24. The van der Waals surface area contributed by atoms with Gasteiger partial charge in [0, 0.05) is 40.4 Å². The lowest BCUT2D eigenvalue weighted by molar-refractivity contribution is -0.139. The van der Waals surface area contributed by atoms with Crippen LogP contribution >= 0.6 is 11.6 Å². The largest absolute Gasteiger partial charge is 0.507 e. The summed E-state index contributed by atoms with van der Waals surface area (Å²) in [6.45, 7) is 0.297. The number of hydrogen-bond acceptors (Lipinski definition) is 4. The predicted molar refractivity (Wildman–Crippen MR) is 127 cm³/mol. The minimum Gasteiger partial charge on any atom is -0.507 e. The van der Waals surface area contributed by atoms with Crippen molar-refractivity contribution in [3.8, 4) is 0 Å². The first-order valence-electron chi connectivity index (χ1n) is 10.5. The second kappa shape index (κ2) is 8.56. The number of aliphatic hydroxyl groups excluding tert-OH is 1. The van der Waals surface area contributed by atoms with Gasteiger partial charge in [0.1, 0.15) is 11.8 Å². The summed E-state index contributed by atoms with van der Waals surface area (Å²) in [5, 5.41) is 12.6. The van der Waals surface area contributed by atoms with Crippen LogP contribution in [0.1, 0.15) is 22.9 Å². The number of likely N-dealkylation sites (tertiary alicyclic amines) is 1. The number of amides is 1. The maximum absolute atomic E-state index is 13.1. The Morgan fingerprint density at radius 3 is 2.55 bits per heavy atom. The third-order valence-corrected chi connectivity index (χ3v) is 6.17. The number of para-hydroxylation sites is 1. The van der Waals surface area contributed by atoms with Gasteiger partial charge in [-0.05, 0) is 54.4 Å². The molecule has 5 rings (SSSR count). The fraction of sp³-hybridized carbons (Fsp3) is 0.115. The Bertz CT molecular complexity index is 1380. The summed E-state index contributed by atoms with van der Waals surface area (Å²) >= 11 is 5.97. The Balaban J connectivity index is 1.55. The second-order valence-electron chi connectivity index (χ2n) is 7.86. The van der Waals surface area contributed by atoms with E-state index in [2.05, 4.69) is 9.97 Å². The number of halogens is 1. The van der Waals surface area contributed by atoms with E-state index < -0.39 is 17.7 Å². The molecule has 1 atom stereocenters. The van der Waals surface area contributed by atoms with Gasteiger partial charge in [-0.25, -0.2) is 0 Å². The Hall–Kier alpha value is -3.90. The Morgan fingerprint density at radius 2 is 1.79 bits per heavy atom. The van der Waals surface area contributed by atoms with E-state index in [4.69, 9.17) is 11.6 Å². The van der Waals surface area contributed by atoms with Crippen molar-refractivity contribution in [1.29, 1.82) is 0 Å². The predicted octanol–water partition coefficient (Wildman–Crippen LogP) is 4.88. The summed E-state index contributed by atoms with van der Waals surface area (Å²) in [5.74, 6) is -1.62. The van der Waals surface area contributed by atoms with E-state index in [0.29, 0.717) is 29.2 Å². The summed E-state index contributed by atoms with van der Waals surface area (Å²) in [7, 11) is 0. The van der Waals surface area contributed by atoms with Gasteiger partial charge in [0.25, 0.3) is 11.7 Å². The van der Waals surface area contributed by atoms with Crippen LogP contribution in [-0.4, -0.2) is 38.2 Å². The number of nitrogens with one attached hydrogen (secondary N) is 1. The molecule has 1 aliphatic heterocycles. The van der Waals surface area contributed by atoms with E-state index in [9.17, 15) is 14.7 Å². The second-order valence-corrected chi connectivity index (χ2v) is 8.30. The third-order valence-electron chi connectivity index (χ3n) is 5.92. The number of aromatic amines is 1. The molecule has 0 aliphatic carbocycles. The van der Waals surface area contributed by atoms with Crippen LogP contribution < -0.4 is 0 Å². The number of hydrogen-bond donors (Lipinski definition) is 2. The summed E-state index contributed by atoms with van der Waals surface area (Å²) in [6, 6.07) is 18.9. The van der Waals surface area contributed by atoms with Crippen LogP contribution in [-0.2, 0) is 16.0 Å². The third kappa shape index (κ3) is 3.79. The van der Waals surface area contributed by atoms with Gasteiger partial charge in [-0.2, -0.15) is 0 Å². The Morgan fingerprint density at radius 1 is 1.03 bits per heavy atom. The molecule has 1 fully saturated rings. The van der Waals surface area contributed by atoms with Crippen molar-refractivity contribution in [1.82, 2.24) is 14.9 Å². The molecule has 0 unspecified atom stereocenters. The van der Waals surface area contributed by atoms with Crippen LogP contribution in [0.15, 0.2) is 84.7 Å². The number of carbonyl (C=O) groups excluding carboxylic acids is 2. The minimum absolute atomic E-state index is 0.0277. The van der Waals surface area contributed by atoms with Gasteiger partial charge in [-0.3, -0.25) is 14.6 Å². The highest BCUT2D eigenvalue weighted by Gasteiger charge is 2.46. The smallest absolute Gasteiger partial charge is 0.295 e. The average Bonchev–Trinajstić information content (AvgIpc) is 3.37. The number of ketones is 1. The number of nitrogens with zero attached hydrogens (tertiary/aromatic N) is 2.